The molecule has 0 amide bonds. The van der Waals surface area contributed by atoms with Crippen LogP contribution in [0, 0.1) is 12.8 Å². The fraction of sp³-hybridized carbons (Fsp3) is 0.381. The lowest BCUT2D eigenvalue weighted by Crippen LogP contribution is -2.19. The predicted molar refractivity (Wildman–Crippen MR) is 104 cm³/mol. The number of hydrogen-bond acceptors (Lipinski definition) is 3. The van der Waals surface area contributed by atoms with E-state index in [1.54, 1.807) is 12.1 Å². The second-order valence-electron chi connectivity index (χ2n) is 7.31. The molecule has 0 bridgehead atoms. The summed E-state index contributed by atoms with van der Waals surface area (Å²) in [4.78, 5) is 5.02. The standard InChI is InChI=1S/C21H24N2O2S/c1-16-11-13-18(14-12-16)26(24,25)23-20-10-6-5-9-19(20)22-21(23)15-17-7-3-2-4-8-17/h5-6,9-14,17H,2-4,7-8,15H2,1H3. The van der Waals surface area contributed by atoms with E-state index in [0.717, 1.165) is 30.3 Å². The molecule has 1 aliphatic rings. The van der Waals surface area contributed by atoms with Gasteiger partial charge in [0.1, 0.15) is 5.82 Å². The quantitative estimate of drug-likeness (QED) is 0.670. The summed E-state index contributed by atoms with van der Waals surface area (Å²) in [6.45, 7) is 1.96. The Bertz CT molecular complexity index is 1010. The molecule has 26 heavy (non-hydrogen) atoms. The molecule has 0 N–H and O–H groups in total. The van der Waals surface area contributed by atoms with E-state index in [9.17, 15) is 8.42 Å². The van der Waals surface area contributed by atoms with Crippen molar-refractivity contribution >= 4 is 21.1 Å². The van der Waals surface area contributed by atoms with Gasteiger partial charge in [0.05, 0.1) is 15.9 Å². The SMILES string of the molecule is Cc1ccc(S(=O)(=O)n2c(CC3CCCCC3)nc3ccccc32)cc1. The van der Waals surface area contributed by atoms with Crippen LogP contribution in [0.5, 0.6) is 0 Å². The molecular weight excluding hydrogens is 344 g/mol. The number of benzene rings is 2. The van der Waals surface area contributed by atoms with Gasteiger partial charge in [-0.2, -0.15) is 0 Å². The number of fused-ring (bicyclic) bond motifs is 1. The van der Waals surface area contributed by atoms with Crippen LogP contribution in [-0.2, 0) is 16.4 Å². The summed E-state index contributed by atoms with van der Waals surface area (Å²) in [5, 5.41) is 0. The summed E-state index contributed by atoms with van der Waals surface area (Å²) in [5.74, 6) is 1.19. The summed E-state index contributed by atoms with van der Waals surface area (Å²) in [6, 6.07) is 14.6. The van der Waals surface area contributed by atoms with Crippen LogP contribution >= 0.6 is 0 Å². The minimum absolute atomic E-state index is 0.316. The van der Waals surface area contributed by atoms with Gasteiger partial charge < -0.3 is 0 Å². The molecule has 0 radical (unpaired) electrons. The Kier molecular flexibility index (Phi) is 4.57. The van der Waals surface area contributed by atoms with Crippen molar-refractivity contribution in [2.45, 2.75) is 50.3 Å². The minimum Gasteiger partial charge on any atom is -0.232 e. The highest BCUT2D eigenvalue weighted by atomic mass is 32.2. The van der Waals surface area contributed by atoms with Gasteiger partial charge in [-0.3, -0.25) is 0 Å². The first-order valence-corrected chi connectivity index (χ1v) is 10.8. The highest BCUT2D eigenvalue weighted by molar-refractivity contribution is 7.90. The average Bonchev–Trinajstić information content (AvgIpc) is 3.01. The van der Waals surface area contributed by atoms with Crippen LogP contribution in [-0.4, -0.2) is 17.4 Å². The smallest absolute Gasteiger partial charge is 0.232 e. The Hall–Kier alpha value is -2.14. The molecule has 1 heterocycles. The van der Waals surface area contributed by atoms with Crippen LogP contribution in [0.4, 0.5) is 0 Å². The van der Waals surface area contributed by atoms with Crippen molar-refractivity contribution < 1.29 is 8.42 Å². The Morgan fingerprint density at radius 1 is 1.00 bits per heavy atom. The summed E-state index contributed by atoms with van der Waals surface area (Å²) < 4.78 is 28.3. The normalized spacial score (nSPS) is 16.2. The van der Waals surface area contributed by atoms with Gasteiger partial charge in [0, 0.05) is 6.42 Å². The maximum atomic E-state index is 13.4. The monoisotopic (exact) mass is 368 g/mol. The Labute approximate surface area is 154 Å². The number of imidazole rings is 1. The Morgan fingerprint density at radius 2 is 1.69 bits per heavy atom. The summed E-state index contributed by atoms with van der Waals surface area (Å²) in [6.07, 6.45) is 6.79. The van der Waals surface area contributed by atoms with Crippen LogP contribution in [0.2, 0.25) is 0 Å². The molecule has 2 aromatic carbocycles. The molecule has 1 aliphatic carbocycles. The molecular formula is C21H24N2O2S. The third kappa shape index (κ3) is 3.16. The molecule has 3 aromatic rings. The fourth-order valence-electron chi connectivity index (χ4n) is 3.92. The van der Waals surface area contributed by atoms with E-state index in [2.05, 4.69) is 0 Å². The lowest BCUT2D eigenvalue weighted by atomic mass is 9.87. The van der Waals surface area contributed by atoms with Crippen molar-refractivity contribution in [3.8, 4) is 0 Å². The van der Waals surface area contributed by atoms with Gasteiger partial charge in [-0.1, -0.05) is 61.9 Å². The number of aromatic nitrogens is 2. The van der Waals surface area contributed by atoms with Crippen molar-refractivity contribution in [1.29, 1.82) is 0 Å². The highest BCUT2D eigenvalue weighted by Gasteiger charge is 2.26. The van der Waals surface area contributed by atoms with Crippen LogP contribution < -0.4 is 0 Å². The second kappa shape index (κ2) is 6.88. The van der Waals surface area contributed by atoms with Crippen molar-refractivity contribution in [3.05, 3.63) is 59.9 Å². The van der Waals surface area contributed by atoms with Crippen LogP contribution in [0.3, 0.4) is 0 Å². The van der Waals surface area contributed by atoms with Gasteiger partial charge in [-0.15, -0.1) is 0 Å². The first kappa shape index (κ1) is 17.3. The number of rotatable bonds is 4. The number of hydrogen-bond donors (Lipinski definition) is 0. The molecule has 1 fully saturated rings. The molecule has 0 saturated heterocycles. The second-order valence-corrected chi connectivity index (χ2v) is 9.09. The van der Waals surface area contributed by atoms with Gasteiger partial charge in [0.2, 0.25) is 0 Å². The maximum absolute atomic E-state index is 13.4. The van der Waals surface area contributed by atoms with E-state index >= 15 is 0 Å². The van der Waals surface area contributed by atoms with Crippen LogP contribution in [0.15, 0.2) is 53.4 Å². The molecule has 4 nitrogen and oxygen atoms in total. The van der Waals surface area contributed by atoms with Gasteiger partial charge in [0.15, 0.2) is 0 Å². The molecule has 4 rings (SSSR count). The van der Waals surface area contributed by atoms with E-state index in [-0.39, 0.29) is 0 Å². The third-order valence-corrected chi connectivity index (χ3v) is 7.10. The fourth-order valence-corrected chi connectivity index (χ4v) is 5.41. The molecule has 1 aromatic heterocycles. The number of para-hydroxylation sites is 2. The van der Waals surface area contributed by atoms with Gasteiger partial charge in [0.25, 0.3) is 10.0 Å². The summed E-state index contributed by atoms with van der Waals surface area (Å²) in [7, 11) is -3.67. The molecule has 1 saturated carbocycles. The molecule has 5 heteroatoms. The van der Waals surface area contributed by atoms with Crippen LogP contribution in [0.1, 0.15) is 43.5 Å². The Morgan fingerprint density at radius 3 is 2.42 bits per heavy atom. The van der Waals surface area contributed by atoms with Gasteiger partial charge >= 0.3 is 0 Å². The van der Waals surface area contributed by atoms with E-state index in [1.807, 2.05) is 43.3 Å². The zero-order chi connectivity index (χ0) is 18.1. The Balaban J connectivity index is 1.84. The lowest BCUT2D eigenvalue weighted by Gasteiger charge is -2.21. The maximum Gasteiger partial charge on any atom is 0.269 e. The molecule has 0 aliphatic heterocycles. The molecule has 136 valence electrons. The van der Waals surface area contributed by atoms with E-state index < -0.39 is 10.0 Å². The third-order valence-electron chi connectivity index (χ3n) is 5.34. The highest BCUT2D eigenvalue weighted by Crippen LogP contribution is 2.30. The first-order valence-electron chi connectivity index (χ1n) is 9.34. The van der Waals surface area contributed by atoms with Crippen molar-refractivity contribution in [1.82, 2.24) is 8.96 Å². The minimum atomic E-state index is -3.67. The van der Waals surface area contributed by atoms with Gasteiger partial charge in [-0.05, 0) is 37.1 Å². The lowest BCUT2D eigenvalue weighted by molar-refractivity contribution is 0.351. The van der Waals surface area contributed by atoms with E-state index in [1.165, 1.54) is 23.2 Å². The zero-order valence-electron chi connectivity index (χ0n) is 15.1. The zero-order valence-corrected chi connectivity index (χ0v) is 15.9. The summed E-state index contributed by atoms with van der Waals surface area (Å²) >= 11 is 0. The topological polar surface area (TPSA) is 52.0 Å². The largest absolute Gasteiger partial charge is 0.269 e. The van der Waals surface area contributed by atoms with Crippen LogP contribution in [0.25, 0.3) is 11.0 Å². The van der Waals surface area contributed by atoms with Crippen molar-refractivity contribution in [3.63, 3.8) is 0 Å². The summed E-state index contributed by atoms with van der Waals surface area (Å²) in [5.41, 5.74) is 2.45. The molecule has 0 spiro atoms. The van der Waals surface area contributed by atoms with E-state index in [0.29, 0.717) is 22.2 Å². The average molecular weight is 369 g/mol. The predicted octanol–water partition coefficient (Wildman–Crippen LogP) is 4.70. The number of nitrogens with zero attached hydrogens (tertiary/aromatic N) is 2. The van der Waals surface area contributed by atoms with Crippen molar-refractivity contribution in [2.75, 3.05) is 0 Å². The van der Waals surface area contributed by atoms with Crippen molar-refractivity contribution in [2.24, 2.45) is 5.92 Å². The van der Waals surface area contributed by atoms with Gasteiger partial charge in [-0.25, -0.2) is 17.4 Å². The molecule has 0 atom stereocenters. The number of aryl methyl sites for hydroxylation is 1. The van der Waals surface area contributed by atoms with E-state index in [4.69, 9.17) is 4.98 Å². The molecule has 0 unspecified atom stereocenters. The first-order chi connectivity index (χ1) is 12.6.